The summed E-state index contributed by atoms with van der Waals surface area (Å²) in [7, 11) is 0. The van der Waals surface area contributed by atoms with Gasteiger partial charge >= 0.3 is 6.36 Å². The predicted molar refractivity (Wildman–Crippen MR) is 56.8 cm³/mol. The molecule has 7 heteroatoms. The largest absolute Gasteiger partial charge is 0.573 e. The van der Waals surface area contributed by atoms with Crippen LogP contribution >= 0.6 is 11.6 Å². The molecule has 0 aromatic heterocycles. The topological polar surface area (TPSA) is 55.5 Å². The van der Waals surface area contributed by atoms with Gasteiger partial charge < -0.3 is 15.6 Å². The van der Waals surface area contributed by atoms with E-state index in [4.69, 9.17) is 22.4 Å². The van der Waals surface area contributed by atoms with Crippen LogP contribution in [-0.4, -0.2) is 18.1 Å². The Labute approximate surface area is 101 Å². The molecule has 0 saturated heterocycles. The van der Waals surface area contributed by atoms with Crippen LogP contribution in [0.3, 0.4) is 0 Å². The van der Waals surface area contributed by atoms with Crippen LogP contribution < -0.4 is 10.5 Å². The lowest BCUT2D eigenvalue weighted by atomic mass is 9.94. The second kappa shape index (κ2) is 4.72. The number of nitrogens with two attached hydrogens (primary N) is 1. The molecule has 0 amide bonds. The van der Waals surface area contributed by atoms with E-state index < -0.39 is 17.7 Å². The third kappa shape index (κ3) is 3.76. The van der Waals surface area contributed by atoms with E-state index >= 15 is 0 Å². The Morgan fingerprint density at radius 1 is 1.41 bits per heavy atom. The number of aliphatic hydroxyl groups excluding tert-OH is 1. The molecule has 3 nitrogen and oxygen atoms in total. The fourth-order valence-electron chi connectivity index (χ4n) is 1.15. The summed E-state index contributed by atoms with van der Waals surface area (Å²) in [5.41, 5.74) is 5.06. The first kappa shape index (κ1) is 14.1. The van der Waals surface area contributed by atoms with Gasteiger partial charge in [0.15, 0.2) is 0 Å². The number of alkyl halides is 3. The van der Waals surface area contributed by atoms with E-state index in [2.05, 4.69) is 4.74 Å². The van der Waals surface area contributed by atoms with Crippen molar-refractivity contribution in [2.45, 2.75) is 18.8 Å². The SMILES string of the molecule is CC(N)(CO)c1ccc(OC(F)(F)F)c(Cl)c1. The summed E-state index contributed by atoms with van der Waals surface area (Å²) in [5.74, 6) is -0.503. The molecular formula is C10H11ClF3NO2. The molecule has 0 saturated carbocycles. The maximum absolute atomic E-state index is 12.0. The predicted octanol–water partition coefficient (Wildman–Crippen LogP) is 2.40. The minimum absolute atomic E-state index is 0.218. The zero-order chi connectivity index (χ0) is 13.3. The zero-order valence-electron chi connectivity index (χ0n) is 8.88. The highest BCUT2D eigenvalue weighted by Crippen LogP contribution is 2.32. The summed E-state index contributed by atoms with van der Waals surface area (Å²) < 4.78 is 39.6. The normalized spacial score (nSPS) is 15.5. The molecular weight excluding hydrogens is 259 g/mol. The van der Waals surface area contributed by atoms with Crippen molar-refractivity contribution in [3.05, 3.63) is 28.8 Å². The Bertz CT molecular complexity index is 407. The van der Waals surface area contributed by atoms with Gasteiger partial charge in [0.1, 0.15) is 5.75 Å². The highest BCUT2D eigenvalue weighted by atomic mass is 35.5. The molecule has 1 aromatic carbocycles. The van der Waals surface area contributed by atoms with Crippen LogP contribution in [0, 0.1) is 0 Å². The highest BCUT2D eigenvalue weighted by molar-refractivity contribution is 6.32. The first-order valence-corrected chi connectivity index (χ1v) is 4.99. The summed E-state index contributed by atoms with van der Waals surface area (Å²) in [4.78, 5) is 0. The second-order valence-electron chi connectivity index (χ2n) is 3.77. The maximum atomic E-state index is 12.0. The van der Waals surface area contributed by atoms with Gasteiger partial charge in [-0.15, -0.1) is 13.2 Å². The smallest absolute Gasteiger partial charge is 0.404 e. The fraction of sp³-hybridized carbons (Fsp3) is 0.400. The number of benzene rings is 1. The molecule has 0 bridgehead atoms. The molecule has 0 heterocycles. The Balaban J connectivity index is 3.02. The molecule has 3 N–H and O–H groups in total. The lowest BCUT2D eigenvalue weighted by molar-refractivity contribution is -0.274. The van der Waals surface area contributed by atoms with Gasteiger partial charge in [-0.1, -0.05) is 17.7 Å². The molecule has 0 aliphatic heterocycles. The van der Waals surface area contributed by atoms with E-state index in [-0.39, 0.29) is 11.6 Å². The minimum atomic E-state index is -4.80. The van der Waals surface area contributed by atoms with Crippen molar-refractivity contribution in [1.82, 2.24) is 0 Å². The van der Waals surface area contributed by atoms with Gasteiger partial charge in [0.05, 0.1) is 17.2 Å². The van der Waals surface area contributed by atoms with E-state index in [1.54, 1.807) is 0 Å². The van der Waals surface area contributed by atoms with E-state index in [1.165, 1.54) is 19.1 Å². The van der Waals surface area contributed by atoms with Gasteiger partial charge in [-0.2, -0.15) is 0 Å². The van der Waals surface area contributed by atoms with E-state index in [1.807, 2.05) is 0 Å². The standard InChI is InChI=1S/C10H11ClF3NO2/c1-9(15,5-16)6-2-3-8(7(11)4-6)17-10(12,13)14/h2-4,16H,5,15H2,1H3. The van der Waals surface area contributed by atoms with Crippen molar-refractivity contribution in [2.75, 3.05) is 6.61 Å². The molecule has 96 valence electrons. The molecule has 0 aliphatic carbocycles. The number of hydrogen-bond acceptors (Lipinski definition) is 3. The summed E-state index contributed by atoms with van der Waals surface area (Å²) in [6, 6.07) is 3.62. The molecule has 17 heavy (non-hydrogen) atoms. The van der Waals surface area contributed by atoms with Crippen LogP contribution in [0.5, 0.6) is 5.75 Å². The monoisotopic (exact) mass is 269 g/mol. The first-order chi connectivity index (χ1) is 7.65. The number of aliphatic hydroxyl groups is 1. The number of ether oxygens (including phenoxy) is 1. The van der Waals surface area contributed by atoms with Crippen molar-refractivity contribution >= 4 is 11.6 Å². The highest BCUT2D eigenvalue weighted by Gasteiger charge is 2.32. The second-order valence-corrected chi connectivity index (χ2v) is 4.18. The summed E-state index contributed by atoms with van der Waals surface area (Å²) in [5, 5.41) is 8.80. The first-order valence-electron chi connectivity index (χ1n) is 4.61. The third-order valence-corrected chi connectivity index (χ3v) is 2.44. The van der Waals surface area contributed by atoms with Crippen LogP contribution in [0.4, 0.5) is 13.2 Å². The number of hydrogen-bond donors (Lipinski definition) is 2. The summed E-state index contributed by atoms with van der Waals surface area (Å²) in [6.07, 6.45) is -4.80. The number of rotatable bonds is 3. The molecule has 1 atom stereocenters. The summed E-state index contributed by atoms with van der Waals surface area (Å²) >= 11 is 5.64. The van der Waals surface area contributed by atoms with Crippen molar-refractivity contribution in [2.24, 2.45) is 5.73 Å². The summed E-state index contributed by atoms with van der Waals surface area (Å²) in [6.45, 7) is 1.17. The number of halogens is 4. The molecule has 0 fully saturated rings. The fourth-order valence-corrected chi connectivity index (χ4v) is 1.37. The van der Waals surface area contributed by atoms with Crippen LogP contribution in [0.15, 0.2) is 18.2 Å². The Hall–Kier alpha value is -0.980. The molecule has 0 radical (unpaired) electrons. The van der Waals surface area contributed by atoms with Crippen LogP contribution in [-0.2, 0) is 5.54 Å². The minimum Gasteiger partial charge on any atom is -0.404 e. The van der Waals surface area contributed by atoms with Crippen molar-refractivity contribution in [3.8, 4) is 5.75 Å². The van der Waals surface area contributed by atoms with Crippen molar-refractivity contribution in [1.29, 1.82) is 0 Å². The maximum Gasteiger partial charge on any atom is 0.573 e. The Kier molecular flexibility index (Phi) is 3.91. The van der Waals surface area contributed by atoms with Gasteiger partial charge in [0, 0.05) is 0 Å². The molecule has 1 unspecified atom stereocenters. The Morgan fingerprint density at radius 2 is 2.00 bits per heavy atom. The van der Waals surface area contributed by atoms with Crippen molar-refractivity contribution in [3.63, 3.8) is 0 Å². The average molecular weight is 270 g/mol. The van der Waals surface area contributed by atoms with Gasteiger partial charge in [-0.3, -0.25) is 0 Å². The van der Waals surface area contributed by atoms with E-state index in [9.17, 15) is 13.2 Å². The van der Waals surface area contributed by atoms with Crippen LogP contribution in [0.2, 0.25) is 5.02 Å². The molecule has 1 aromatic rings. The lowest BCUT2D eigenvalue weighted by Gasteiger charge is -2.23. The van der Waals surface area contributed by atoms with Crippen molar-refractivity contribution < 1.29 is 23.0 Å². The average Bonchev–Trinajstić information content (AvgIpc) is 2.19. The molecule has 1 rings (SSSR count). The van der Waals surface area contributed by atoms with Gasteiger partial charge in [0.2, 0.25) is 0 Å². The molecule has 0 spiro atoms. The van der Waals surface area contributed by atoms with Gasteiger partial charge in [-0.05, 0) is 24.6 Å². The van der Waals surface area contributed by atoms with Gasteiger partial charge in [-0.25, -0.2) is 0 Å². The molecule has 0 aliphatic rings. The van der Waals surface area contributed by atoms with E-state index in [0.717, 1.165) is 6.07 Å². The third-order valence-electron chi connectivity index (χ3n) is 2.15. The zero-order valence-corrected chi connectivity index (χ0v) is 9.64. The lowest BCUT2D eigenvalue weighted by Crippen LogP contribution is -2.36. The van der Waals surface area contributed by atoms with Crippen LogP contribution in [0.25, 0.3) is 0 Å². The Morgan fingerprint density at radius 3 is 2.41 bits per heavy atom. The quantitative estimate of drug-likeness (QED) is 0.886. The van der Waals surface area contributed by atoms with E-state index in [0.29, 0.717) is 5.56 Å². The van der Waals surface area contributed by atoms with Gasteiger partial charge in [0.25, 0.3) is 0 Å². The van der Waals surface area contributed by atoms with Crippen LogP contribution in [0.1, 0.15) is 12.5 Å².